The van der Waals surface area contributed by atoms with Gasteiger partial charge in [0.15, 0.2) is 5.75 Å². The number of Topliss-reactive ketones (excluding diaryl/α,β-unsaturated/α-hetero) is 1. The Morgan fingerprint density at radius 1 is 1.24 bits per heavy atom. The Kier molecular flexibility index (Phi) is 4.05. The minimum Gasteiger partial charge on any atom is -0.370 e. The van der Waals surface area contributed by atoms with Gasteiger partial charge in [0.05, 0.1) is 4.47 Å². The van der Waals surface area contributed by atoms with Crippen LogP contribution in [-0.4, -0.2) is 14.2 Å². The van der Waals surface area contributed by atoms with E-state index in [0.29, 0.717) is 28.0 Å². The Morgan fingerprint density at radius 3 is 2.72 bits per heavy atom. The molecule has 7 heteroatoms. The molecule has 4 rings (SSSR count). The summed E-state index contributed by atoms with van der Waals surface area (Å²) < 4.78 is 28.1. The van der Waals surface area contributed by atoms with Crippen LogP contribution in [-0.2, 0) is 21.5 Å². The van der Waals surface area contributed by atoms with Crippen LogP contribution in [0.5, 0.6) is 5.75 Å². The van der Waals surface area contributed by atoms with Crippen molar-refractivity contribution in [2.75, 3.05) is 0 Å². The van der Waals surface area contributed by atoms with Crippen LogP contribution in [0.15, 0.2) is 16.6 Å². The predicted octanol–water partition coefficient (Wildman–Crippen LogP) is 3.46. The maximum absolute atomic E-state index is 12.4. The van der Waals surface area contributed by atoms with Crippen molar-refractivity contribution in [3.63, 3.8) is 0 Å². The van der Waals surface area contributed by atoms with Crippen molar-refractivity contribution in [3.8, 4) is 5.75 Å². The molecule has 0 aromatic heterocycles. The first kappa shape index (κ1) is 17.5. The molecule has 1 aromatic rings. The summed E-state index contributed by atoms with van der Waals surface area (Å²) in [5.41, 5.74) is 2.26. The third-order valence-electron chi connectivity index (χ3n) is 6.72. The summed E-state index contributed by atoms with van der Waals surface area (Å²) in [7, 11) is -4.04. The van der Waals surface area contributed by atoms with E-state index >= 15 is 0 Å². The predicted molar refractivity (Wildman–Crippen MR) is 97.5 cm³/mol. The van der Waals surface area contributed by atoms with E-state index in [0.717, 1.165) is 44.1 Å². The summed E-state index contributed by atoms with van der Waals surface area (Å²) in [6, 6.07) is 3.67. The van der Waals surface area contributed by atoms with Gasteiger partial charge in [-0.1, -0.05) is 13.0 Å². The fraction of sp³-hybridized carbons (Fsp3) is 0.611. The van der Waals surface area contributed by atoms with Gasteiger partial charge in [-0.3, -0.25) is 4.79 Å². The zero-order valence-corrected chi connectivity index (χ0v) is 16.5. The Balaban J connectivity index is 1.70. The molecule has 0 spiro atoms. The molecule has 2 saturated carbocycles. The second kappa shape index (κ2) is 5.79. The average Bonchev–Trinajstić information content (AvgIpc) is 2.84. The summed E-state index contributed by atoms with van der Waals surface area (Å²) in [6.07, 6.45) is 5.59. The van der Waals surface area contributed by atoms with Crippen molar-refractivity contribution in [2.45, 2.75) is 51.4 Å². The summed E-state index contributed by atoms with van der Waals surface area (Å²) >= 11 is 3.51. The summed E-state index contributed by atoms with van der Waals surface area (Å²) in [5.74, 6) is 2.14. The number of fused-ring (bicyclic) bond motifs is 5. The van der Waals surface area contributed by atoms with Crippen molar-refractivity contribution in [1.82, 2.24) is 0 Å². The first-order valence-corrected chi connectivity index (χ1v) is 11.0. The van der Waals surface area contributed by atoms with Gasteiger partial charge in [0, 0.05) is 11.8 Å². The van der Waals surface area contributed by atoms with E-state index in [1.807, 2.05) is 6.07 Å². The van der Waals surface area contributed by atoms with Crippen molar-refractivity contribution < 1.29 is 17.4 Å². The van der Waals surface area contributed by atoms with Gasteiger partial charge in [0.25, 0.3) is 0 Å². The number of carbonyl (C=O) groups is 1. The standard InChI is InChI=1S/C18H22BrNO4S/c1-18-9-8-11-10-4-6-15(24-25(20,22)23)17(19)13(10)3-2-12(11)14(18)5-7-16(18)21/h4,6,11-12,14H,2-3,5,7-9H2,1H3,(H2,20,22,23)/t11-,12-,14+,18+/m1/s1. The van der Waals surface area contributed by atoms with Gasteiger partial charge in [0.2, 0.25) is 0 Å². The maximum atomic E-state index is 12.4. The third-order valence-corrected chi connectivity index (χ3v) is 8.00. The molecule has 0 aliphatic heterocycles. The van der Waals surface area contributed by atoms with Crippen LogP contribution in [0.4, 0.5) is 0 Å². The number of hydrogen-bond acceptors (Lipinski definition) is 4. The van der Waals surface area contributed by atoms with E-state index in [2.05, 4.69) is 22.9 Å². The molecule has 1 aromatic carbocycles. The van der Waals surface area contributed by atoms with E-state index in [9.17, 15) is 13.2 Å². The molecule has 25 heavy (non-hydrogen) atoms. The van der Waals surface area contributed by atoms with E-state index in [-0.39, 0.29) is 11.2 Å². The molecule has 3 aliphatic carbocycles. The highest BCUT2D eigenvalue weighted by atomic mass is 79.9. The molecule has 0 heterocycles. The van der Waals surface area contributed by atoms with Gasteiger partial charge < -0.3 is 4.18 Å². The highest BCUT2D eigenvalue weighted by Crippen LogP contribution is 2.60. The molecule has 2 N–H and O–H groups in total. The number of benzene rings is 1. The molecule has 136 valence electrons. The first-order chi connectivity index (χ1) is 11.7. The van der Waals surface area contributed by atoms with Gasteiger partial charge in [0.1, 0.15) is 5.78 Å². The number of halogens is 1. The van der Waals surface area contributed by atoms with Gasteiger partial charge in [-0.15, -0.1) is 0 Å². The minimum atomic E-state index is -4.04. The second-order valence-corrected chi connectivity index (χ2v) is 9.80. The second-order valence-electron chi connectivity index (χ2n) is 7.86. The first-order valence-electron chi connectivity index (χ1n) is 8.77. The molecular weight excluding hydrogens is 406 g/mol. The van der Waals surface area contributed by atoms with E-state index < -0.39 is 10.3 Å². The summed E-state index contributed by atoms with van der Waals surface area (Å²) in [6.45, 7) is 2.16. The zero-order valence-electron chi connectivity index (χ0n) is 14.1. The molecular formula is C18H22BrNO4S. The highest BCUT2D eigenvalue weighted by molar-refractivity contribution is 9.10. The number of carbonyl (C=O) groups excluding carboxylic acids is 1. The van der Waals surface area contributed by atoms with Gasteiger partial charge in [-0.25, -0.2) is 0 Å². The lowest BCUT2D eigenvalue weighted by Gasteiger charge is -2.48. The fourth-order valence-electron chi connectivity index (χ4n) is 5.56. The molecule has 4 atom stereocenters. The minimum absolute atomic E-state index is 0.132. The lowest BCUT2D eigenvalue weighted by atomic mass is 9.55. The number of rotatable bonds is 2. The number of hydrogen-bond donors (Lipinski definition) is 1. The summed E-state index contributed by atoms with van der Waals surface area (Å²) in [5, 5.41) is 5.00. The van der Waals surface area contributed by atoms with Crippen LogP contribution in [0.2, 0.25) is 0 Å². The Hall–Kier alpha value is -0.920. The smallest absolute Gasteiger partial charge is 0.370 e. The monoisotopic (exact) mass is 427 g/mol. The molecule has 0 unspecified atom stereocenters. The maximum Gasteiger partial charge on any atom is 0.380 e. The number of nitrogens with two attached hydrogens (primary N) is 1. The van der Waals surface area contributed by atoms with Crippen molar-refractivity contribution >= 4 is 32.0 Å². The quantitative estimate of drug-likeness (QED) is 0.782. The molecule has 0 amide bonds. The fourth-order valence-corrected chi connectivity index (χ4v) is 6.70. The van der Waals surface area contributed by atoms with Crippen LogP contribution in [0, 0.1) is 17.3 Å². The molecule has 0 bridgehead atoms. The molecule has 5 nitrogen and oxygen atoms in total. The molecule has 0 radical (unpaired) electrons. The van der Waals surface area contributed by atoms with Crippen molar-refractivity contribution in [3.05, 3.63) is 27.7 Å². The van der Waals surface area contributed by atoms with Crippen LogP contribution < -0.4 is 9.32 Å². The Morgan fingerprint density at radius 2 is 2.00 bits per heavy atom. The zero-order chi connectivity index (χ0) is 18.0. The van der Waals surface area contributed by atoms with E-state index in [4.69, 9.17) is 9.32 Å². The Labute approximate surface area is 156 Å². The number of ketones is 1. The molecule has 3 aliphatic rings. The van der Waals surface area contributed by atoms with Gasteiger partial charge >= 0.3 is 10.3 Å². The van der Waals surface area contributed by atoms with Crippen LogP contribution in [0.3, 0.4) is 0 Å². The lowest BCUT2D eigenvalue weighted by Crippen LogP contribution is -2.42. The third kappa shape index (κ3) is 2.75. The molecule has 0 saturated heterocycles. The normalized spacial score (nSPS) is 34.2. The topological polar surface area (TPSA) is 86.5 Å². The van der Waals surface area contributed by atoms with Crippen LogP contribution in [0.25, 0.3) is 0 Å². The van der Waals surface area contributed by atoms with Crippen LogP contribution in [0.1, 0.15) is 56.1 Å². The largest absolute Gasteiger partial charge is 0.380 e. The van der Waals surface area contributed by atoms with E-state index in [1.54, 1.807) is 6.07 Å². The van der Waals surface area contributed by atoms with Gasteiger partial charge in [-0.05, 0) is 83.0 Å². The van der Waals surface area contributed by atoms with Crippen molar-refractivity contribution in [1.29, 1.82) is 0 Å². The molecule has 2 fully saturated rings. The van der Waals surface area contributed by atoms with Gasteiger partial charge in [-0.2, -0.15) is 13.6 Å². The lowest BCUT2D eigenvalue weighted by molar-refractivity contribution is -0.129. The summed E-state index contributed by atoms with van der Waals surface area (Å²) in [4.78, 5) is 12.4. The Bertz CT molecular complexity index is 853. The SMILES string of the molecule is C[C@]12CC[C@@H]3c4ccc(OS(N)(=O)=O)c(Br)c4CC[C@H]3[C@@H]1CCC2=O. The van der Waals surface area contributed by atoms with Crippen molar-refractivity contribution in [2.24, 2.45) is 22.4 Å². The average molecular weight is 428 g/mol. The van der Waals surface area contributed by atoms with Crippen LogP contribution >= 0.6 is 15.9 Å². The van der Waals surface area contributed by atoms with E-state index in [1.165, 1.54) is 5.56 Å². The highest BCUT2D eigenvalue weighted by Gasteiger charge is 2.54.